The van der Waals surface area contributed by atoms with Crippen LogP contribution in [-0.2, 0) is 13.2 Å². The molecule has 1 aromatic heterocycles. The van der Waals surface area contributed by atoms with Crippen LogP contribution in [0.1, 0.15) is 21.5 Å². The highest BCUT2D eigenvalue weighted by atomic mass is 16.5. The second kappa shape index (κ2) is 8.35. The van der Waals surface area contributed by atoms with Crippen molar-refractivity contribution in [1.29, 1.82) is 0 Å². The third-order valence-electron chi connectivity index (χ3n) is 4.59. The van der Waals surface area contributed by atoms with E-state index in [1.54, 1.807) is 6.20 Å². The molecule has 0 radical (unpaired) electrons. The van der Waals surface area contributed by atoms with Gasteiger partial charge in [0.1, 0.15) is 12.4 Å². The fourth-order valence-corrected chi connectivity index (χ4v) is 3.12. The van der Waals surface area contributed by atoms with Gasteiger partial charge in [-0.25, -0.2) is 0 Å². The number of hydrogen-bond acceptors (Lipinski definition) is 3. The Balaban J connectivity index is 1.47. The molecule has 1 amide bonds. The summed E-state index contributed by atoms with van der Waals surface area (Å²) in [6.07, 6.45) is 1.73. The van der Waals surface area contributed by atoms with Crippen LogP contribution in [-0.4, -0.2) is 10.9 Å². The van der Waals surface area contributed by atoms with Crippen LogP contribution in [0, 0.1) is 0 Å². The molecule has 0 bridgehead atoms. The molecular formula is C24H20N2O2. The average molecular weight is 368 g/mol. The van der Waals surface area contributed by atoms with Crippen molar-refractivity contribution in [3.05, 3.63) is 108 Å². The molecule has 0 saturated heterocycles. The number of pyridine rings is 1. The monoisotopic (exact) mass is 368 g/mol. The summed E-state index contributed by atoms with van der Waals surface area (Å²) in [7, 11) is 0. The van der Waals surface area contributed by atoms with Crippen LogP contribution in [0.2, 0.25) is 0 Å². The van der Waals surface area contributed by atoms with Crippen LogP contribution in [0.4, 0.5) is 0 Å². The largest absolute Gasteiger partial charge is 0.489 e. The molecule has 0 spiro atoms. The molecule has 0 aliphatic rings. The molecule has 4 rings (SSSR count). The first-order valence-corrected chi connectivity index (χ1v) is 9.18. The quantitative estimate of drug-likeness (QED) is 0.535. The van der Waals surface area contributed by atoms with Gasteiger partial charge in [0.25, 0.3) is 5.91 Å². The summed E-state index contributed by atoms with van der Waals surface area (Å²) < 4.78 is 5.86. The molecule has 0 aliphatic carbocycles. The van der Waals surface area contributed by atoms with E-state index in [1.807, 2.05) is 84.9 Å². The topological polar surface area (TPSA) is 51.2 Å². The lowest BCUT2D eigenvalue weighted by molar-refractivity contribution is 0.0952. The van der Waals surface area contributed by atoms with E-state index in [2.05, 4.69) is 10.3 Å². The number of nitrogens with zero attached hydrogens (tertiary/aromatic N) is 1. The number of para-hydroxylation sites is 1. The Hall–Kier alpha value is -3.66. The number of benzene rings is 3. The van der Waals surface area contributed by atoms with Gasteiger partial charge in [-0.3, -0.25) is 9.78 Å². The molecule has 28 heavy (non-hydrogen) atoms. The minimum Gasteiger partial charge on any atom is -0.489 e. The second-order valence-electron chi connectivity index (χ2n) is 6.43. The highest BCUT2D eigenvalue weighted by molar-refractivity contribution is 6.06. The molecule has 4 heteroatoms. The molecule has 4 nitrogen and oxygen atoms in total. The molecule has 1 heterocycles. The van der Waals surface area contributed by atoms with Crippen molar-refractivity contribution in [3.8, 4) is 5.75 Å². The van der Waals surface area contributed by atoms with Crippen LogP contribution >= 0.6 is 0 Å². The van der Waals surface area contributed by atoms with Crippen LogP contribution in [0.3, 0.4) is 0 Å². The fourth-order valence-electron chi connectivity index (χ4n) is 3.12. The summed E-state index contributed by atoms with van der Waals surface area (Å²) >= 11 is 0. The molecule has 4 aromatic rings. The molecule has 3 aromatic carbocycles. The molecule has 0 saturated carbocycles. The van der Waals surface area contributed by atoms with Crippen LogP contribution < -0.4 is 10.1 Å². The number of carbonyl (C=O) groups is 1. The second-order valence-corrected chi connectivity index (χ2v) is 6.43. The van der Waals surface area contributed by atoms with Crippen LogP contribution in [0.5, 0.6) is 5.75 Å². The number of ether oxygens (including phenoxy) is 1. The van der Waals surface area contributed by atoms with Gasteiger partial charge >= 0.3 is 0 Å². The highest BCUT2D eigenvalue weighted by Crippen LogP contribution is 2.18. The molecule has 1 N–H and O–H groups in total. The summed E-state index contributed by atoms with van der Waals surface area (Å²) in [6.45, 7) is 0.887. The molecule has 0 atom stereocenters. The number of carbonyl (C=O) groups excluding carboxylic acids is 1. The third-order valence-corrected chi connectivity index (χ3v) is 4.59. The van der Waals surface area contributed by atoms with Gasteiger partial charge in [0, 0.05) is 23.7 Å². The summed E-state index contributed by atoms with van der Waals surface area (Å²) in [4.78, 5) is 17.1. The van der Waals surface area contributed by atoms with Crippen molar-refractivity contribution in [2.75, 3.05) is 0 Å². The van der Waals surface area contributed by atoms with Crippen molar-refractivity contribution < 1.29 is 9.53 Å². The average Bonchev–Trinajstić information content (AvgIpc) is 2.77. The number of amides is 1. The Labute approximate surface area is 163 Å². The summed E-state index contributed by atoms with van der Waals surface area (Å²) in [5.41, 5.74) is 3.52. The lowest BCUT2D eigenvalue weighted by atomic mass is 10.1. The Morgan fingerprint density at radius 1 is 0.821 bits per heavy atom. The van der Waals surface area contributed by atoms with Gasteiger partial charge < -0.3 is 10.1 Å². The first-order chi connectivity index (χ1) is 13.8. The molecule has 0 fully saturated rings. The Kier molecular flexibility index (Phi) is 5.29. The SMILES string of the molecule is O=C(NCc1ccccc1COc1ccccc1)c1cccc2ncccc12. The van der Waals surface area contributed by atoms with Crippen molar-refractivity contribution in [2.45, 2.75) is 13.2 Å². The van der Waals surface area contributed by atoms with Crippen molar-refractivity contribution >= 4 is 16.8 Å². The summed E-state index contributed by atoms with van der Waals surface area (Å²) in [6, 6.07) is 27.0. The van der Waals surface area contributed by atoms with Gasteiger partial charge in [0.05, 0.1) is 5.52 Å². The minimum atomic E-state index is -0.114. The van der Waals surface area contributed by atoms with Crippen molar-refractivity contribution in [1.82, 2.24) is 10.3 Å². The lowest BCUT2D eigenvalue weighted by Gasteiger charge is -2.12. The number of aromatic nitrogens is 1. The van der Waals surface area contributed by atoms with E-state index >= 15 is 0 Å². The predicted octanol–water partition coefficient (Wildman–Crippen LogP) is 4.74. The van der Waals surface area contributed by atoms with Crippen LogP contribution in [0.25, 0.3) is 10.9 Å². The molecule has 0 aliphatic heterocycles. The zero-order valence-corrected chi connectivity index (χ0v) is 15.3. The van der Waals surface area contributed by atoms with E-state index in [1.165, 1.54) is 0 Å². The lowest BCUT2D eigenvalue weighted by Crippen LogP contribution is -2.23. The van der Waals surface area contributed by atoms with E-state index in [0.29, 0.717) is 18.7 Å². The van der Waals surface area contributed by atoms with Crippen LogP contribution in [0.15, 0.2) is 91.1 Å². The van der Waals surface area contributed by atoms with Gasteiger partial charge in [-0.05, 0) is 41.5 Å². The number of fused-ring (bicyclic) bond motifs is 1. The minimum absolute atomic E-state index is 0.114. The normalized spacial score (nSPS) is 10.6. The van der Waals surface area contributed by atoms with E-state index in [9.17, 15) is 4.79 Å². The van der Waals surface area contributed by atoms with Gasteiger partial charge in [-0.15, -0.1) is 0 Å². The number of hydrogen-bond donors (Lipinski definition) is 1. The zero-order valence-electron chi connectivity index (χ0n) is 15.3. The zero-order chi connectivity index (χ0) is 19.2. The van der Waals surface area contributed by atoms with Gasteiger partial charge in [-0.2, -0.15) is 0 Å². The van der Waals surface area contributed by atoms with Crippen molar-refractivity contribution in [2.24, 2.45) is 0 Å². The van der Waals surface area contributed by atoms with E-state index in [4.69, 9.17) is 4.74 Å². The maximum Gasteiger partial charge on any atom is 0.252 e. The molecule has 0 unspecified atom stereocenters. The van der Waals surface area contributed by atoms with Gasteiger partial charge in [-0.1, -0.05) is 54.6 Å². The smallest absolute Gasteiger partial charge is 0.252 e. The summed E-state index contributed by atoms with van der Waals surface area (Å²) in [5.74, 6) is 0.710. The van der Waals surface area contributed by atoms with E-state index in [0.717, 1.165) is 27.8 Å². The maximum atomic E-state index is 12.8. The van der Waals surface area contributed by atoms with Gasteiger partial charge in [0.15, 0.2) is 0 Å². The van der Waals surface area contributed by atoms with E-state index < -0.39 is 0 Å². The standard InChI is InChI=1S/C24H20N2O2/c27-24(22-12-6-14-23-21(22)13-7-15-25-23)26-16-18-8-4-5-9-19(18)17-28-20-10-2-1-3-11-20/h1-15H,16-17H2,(H,26,27). The summed E-state index contributed by atoms with van der Waals surface area (Å²) in [5, 5.41) is 3.87. The number of rotatable bonds is 6. The highest BCUT2D eigenvalue weighted by Gasteiger charge is 2.11. The third kappa shape index (κ3) is 4.01. The first kappa shape index (κ1) is 17.7. The van der Waals surface area contributed by atoms with Crippen molar-refractivity contribution in [3.63, 3.8) is 0 Å². The maximum absolute atomic E-state index is 12.8. The number of nitrogens with one attached hydrogen (secondary N) is 1. The molecular weight excluding hydrogens is 348 g/mol. The predicted molar refractivity (Wildman–Crippen MR) is 110 cm³/mol. The fraction of sp³-hybridized carbons (Fsp3) is 0.0833. The first-order valence-electron chi connectivity index (χ1n) is 9.18. The van der Waals surface area contributed by atoms with E-state index in [-0.39, 0.29) is 5.91 Å². The van der Waals surface area contributed by atoms with Gasteiger partial charge in [0.2, 0.25) is 0 Å². The Bertz CT molecular complexity index is 1090. The molecule has 138 valence electrons. The Morgan fingerprint density at radius 2 is 1.61 bits per heavy atom. The Morgan fingerprint density at radius 3 is 2.46 bits per heavy atom.